The highest BCUT2D eigenvalue weighted by Gasteiger charge is 2.21. The number of nitrogens with zero attached hydrogens (tertiary/aromatic N) is 1. The molecule has 1 aliphatic heterocycles. The van der Waals surface area contributed by atoms with Gasteiger partial charge < -0.3 is 4.90 Å². The second-order valence-corrected chi connectivity index (χ2v) is 6.19. The normalized spacial score (nSPS) is 13.4. The van der Waals surface area contributed by atoms with Crippen molar-refractivity contribution in [2.45, 2.75) is 13.0 Å². The molecule has 24 heavy (non-hydrogen) atoms. The van der Waals surface area contributed by atoms with Crippen molar-refractivity contribution in [3.05, 3.63) is 95.6 Å². The van der Waals surface area contributed by atoms with Crippen molar-refractivity contribution in [1.29, 1.82) is 0 Å². The lowest BCUT2D eigenvalue weighted by Crippen LogP contribution is -2.35. The summed E-state index contributed by atoms with van der Waals surface area (Å²) in [7, 11) is 0. The molecule has 118 valence electrons. The Hall–Kier alpha value is -2.87. The lowest BCUT2D eigenvalue weighted by Gasteiger charge is -2.29. The number of carbonyl (C=O) groups excluding carboxylic acids is 1. The van der Waals surface area contributed by atoms with Gasteiger partial charge in [0.15, 0.2) is 0 Å². The van der Waals surface area contributed by atoms with E-state index in [0.29, 0.717) is 6.54 Å². The van der Waals surface area contributed by atoms with Gasteiger partial charge in [0, 0.05) is 18.7 Å². The van der Waals surface area contributed by atoms with Gasteiger partial charge in [0.2, 0.25) is 0 Å². The number of hydrogen-bond donors (Lipinski definition) is 0. The van der Waals surface area contributed by atoms with Crippen molar-refractivity contribution in [3.63, 3.8) is 0 Å². The molecule has 0 spiro atoms. The molecule has 3 aromatic carbocycles. The Morgan fingerprint density at radius 1 is 0.708 bits per heavy atom. The van der Waals surface area contributed by atoms with E-state index < -0.39 is 0 Å². The van der Waals surface area contributed by atoms with Crippen LogP contribution in [0.3, 0.4) is 0 Å². The maximum Gasteiger partial charge on any atom is 0.254 e. The van der Waals surface area contributed by atoms with Crippen LogP contribution >= 0.6 is 0 Å². The van der Waals surface area contributed by atoms with E-state index in [0.717, 1.165) is 24.1 Å². The Bertz CT molecular complexity index is 853. The Kier molecular flexibility index (Phi) is 3.87. The van der Waals surface area contributed by atoms with E-state index in [1.54, 1.807) is 0 Å². The molecule has 0 saturated carbocycles. The Balaban J connectivity index is 1.53. The molecule has 1 amide bonds. The van der Waals surface area contributed by atoms with Crippen molar-refractivity contribution >= 4 is 5.91 Å². The van der Waals surface area contributed by atoms with E-state index in [1.165, 1.54) is 16.7 Å². The van der Waals surface area contributed by atoms with Gasteiger partial charge in [-0.05, 0) is 40.8 Å². The SMILES string of the molecule is O=C(c1ccc(-c2ccccc2)cc1)N1CCc2ccccc2C1. The van der Waals surface area contributed by atoms with Crippen LogP contribution in [-0.2, 0) is 13.0 Å². The summed E-state index contributed by atoms with van der Waals surface area (Å²) in [6.45, 7) is 1.49. The number of amides is 1. The predicted octanol–water partition coefficient (Wildman–Crippen LogP) is 4.55. The summed E-state index contributed by atoms with van der Waals surface area (Å²) >= 11 is 0. The van der Waals surface area contributed by atoms with Crippen LogP contribution < -0.4 is 0 Å². The fourth-order valence-electron chi connectivity index (χ4n) is 3.29. The zero-order valence-electron chi connectivity index (χ0n) is 13.5. The summed E-state index contributed by atoms with van der Waals surface area (Å²) in [5.41, 5.74) is 5.69. The lowest BCUT2D eigenvalue weighted by molar-refractivity contribution is 0.0735. The van der Waals surface area contributed by atoms with Gasteiger partial charge in [-0.3, -0.25) is 4.79 Å². The van der Waals surface area contributed by atoms with E-state index in [1.807, 2.05) is 53.4 Å². The first-order chi connectivity index (χ1) is 11.8. The quantitative estimate of drug-likeness (QED) is 0.679. The minimum absolute atomic E-state index is 0.115. The largest absolute Gasteiger partial charge is 0.334 e. The van der Waals surface area contributed by atoms with Crippen molar-refractivity contribution in [2.75, 3.05) is 6.54 Å². The van der Waals surface area contributed by atoms with Crippen LogP contribution in [0.4, 0.5) is 0 Å². The van der Waals surface area contributed by atoms with Gasteiger partial charge in [-0.25, -0.2) is 0 Å². The maximum absolute atomic E-state index is 12.8. The standard InChI is InChI=1S/C22H19NO/c24-22(23-15-14-18-8-4-5-9-21(18)16-23)20-12-10-19(11-13-20)17-6-2-1-3-7-17/h1-13H,14-16H2. The van der Waals surface area contributed by atoms with Gasteiger partial charge in [-0.1, -0.05) is 66.7 Å². The molecule has 3 aromatic rings. The van der Waals surface area contributed by atoms with Crippen LogP contribution in [0.15, 0.2) is 78.9 Å². The van der Waals surface area contributed by atoms with Crippen molar-refractivity contribution in [1.82, 2.24) is 4.90 Å². The van der Waals surface area contributed by atoms with Gasteiger partial charge >= 0.3 is 0 Å². The summed E-state index contributed by atoms with van der Waals surface area (Å²) in [6.07, 6.45) is 0.935. The van der Waals surface area contributed by atoms with Crippen molar-refractivity contribution in [2.24, 2.45) is 0 Å². The third-order valence-corrected chi connectivity index (χ3v) is 4.66. The molecule has 1 aliphatic rings. The third-order valence-electron chi connectivity index (χ3n) is 4.66. The monoisotopic (exact) mass is 313 g/mol. The van der Waals surface area contributed by atoms with Gasteiger partial charge in [0.25, 0.3) is 5.91 Å². The van der Waals surface area contributed by atoms with E-state index in [-0.39, 0.29) is 5.91 Å². The Labute approximate surface area is 142 Å². The summed E-state index contributed by atoms with van der Waals surface area (Å²) in [4.78, 5) is 14.7. The zero-order valence-corrected chi connectivity index (χ0v) is 13.5. The number of fused-ring (bicyclic) bond motifs is 1. The molecule has 4 rings (SSSR count). The average Bonchev–Trinajstić information content (AvgIpc) is 2.68. The molecule has 0 saturated heterocycles. The first-order valence-corrected chi connectivity index (χ1v) is 8.33. The van der Waals surface area contributed by atoms with Gasteiger partial charge in [0.1, 0.15) is 0 Å². The highest BCUT2D eigenvalue weighted by molar-refractivity contribution is 5.94. The highest BCUT2D eigenvalue weighted by Crippen LogP contribution is 2.22. The number of rotatable bonds is 2. The van der Waals surface area contributed by atoms with Crippen LogP contribution in [0.2, 0.25) is 0 Å². The van der Waals surface area contributed by atoms with Crippen LogP contribution in [0, 0.1) is 0 Å². The van der Waals surface area contributed by atoms with E-state index in [2.05, 4.69) is 30.3 Å². The van der Waals surface area contributed by atoms with Crippen LogP contribution in [0.5, 0.6) is 0 Å². The van der Waals surface area contributed by atoms with Gasteiger partial charge in [0.05, 0.1) is 0 Å². The third kappa shape index (κ3) is 2.83. The average molecular weight is 313 g/mol. The van der Waals surface area contributed by atoms with Crippen molar-refractivity contribution in [3.8, 4) is 11.1 Å². The summed E-state index contributed by atoms with van der Waals surface area (Å²) in [5, 5.41) is 0. The van der Waals surface area contributed by atoms with Crippen molar-refractivity contribution < 1.29 is 4.79 Å². The lowest BCUT2D eigenvalue weighted by atomic mass is 9.99. The van der Waals surface area contributed by atoms with E-state index in [9.17, 15) is 4.79 Å². The molecule has 0 aliphatic carbocycles. The molecule has 0 fully saturated rings. The number of hydrogen-bond acceptors (Lipinski definition) is 1. The molecular formula is C22H19NO. The van der Waals surface area contributed by atoms with Crippen LogP contribution in [0.1, 0.15) is 21.5 Å². The van der Waals surface area contributed by atoms with Gasteiger partial charge in [-0.15, -0.1) is 0 Å². The molecule has 0 radical (unpaired) electrons. The molecule has 0 aromatic heterocycles. The molecule has 1 heterocycles. The van der Waals surface area contributed by atoms with E-state index in [4.69, 9.17) is 0 Å². The molecule has 0 atom stereocenters. The highest BCUT2D eigenvalue weighted by atomic mass is 16.2. The molecule has 0 N–H and O–H groups in total. The molecule has 2 nitrogen and oxygen atoms in total. The van der Waals surface area contributed by atoms with Gasteiger partial charge in [-0.2, -0.15) is 0 Å². The Morgan fingerprint density at radius 3 is 2.08 bits per heavy atom. The predicted molar refractivity (Wildman–Crippen MR) is 96.8 cm³/mol. The second kappa shape index (κ2) is 6.32. The Morgan fingerprint density at radius 2 is 1.33 bits per heavy atom. The number of benzene rings is 3. The zero-order chi connectivity index (χ0) is 16.4. The van der Waals surface area contributed by atoms with E-state index >= 15 is 0 Å². The summed E-state index contributed by atoms with van der Waals surface area (Å²) < 4.78 is 0. The molecule has 2 heteroatoms. The minimum atomic E-state index is 0.115. The van der Waals surface area contributed by atoms with Crippen LogP contribution in [0.25, 0.3) is 11.1 Å². The number of carbonyl (C=O) groups is 1. The topological polar surface area (TPSA) is 20.3 Å². The maximum atomic E-state index is 12.8. The van der Waals surface area contributed by atoms with Crippen LogP contribution in [-0.4, -0.2) is 17.4 Å². The second-order valence-electron chi connectivity index (χ2n) is 6.19. The molecule has 0 unspecified atom stereocenters. The fraction of sp³-hybridized carbons (Fsp3) is 0.136. The minimum Gasteiger partial charge on any atom is -0.334 e. The first-order valence-electron chi connectivity index (χ1n) is 8.33. The molecule has 0 bridgehead atoms. The fourth-order valence-corrected chi connectivity index (χ4v) is 3.29. The summed E-state index contributed by atoms with van der Waals surface area (Å²) in [6, 6.07) is 26.5. The molecular weight excluding hydrogens is 294 g/mol. The first kappa shape index (κ1) is 14.7. The smallest absolute Gasteiger partial charge is 0.254 e. The summed E-state index contributed by atoms with van der Waals surface area (Å²) in [5.74, 6) is 0.115.